The lowest BCUT2D eigenvalue weighted by Gasteiger charge is -2.15. The highest BCUT2D eigenvalue weighted by molar-refractivity contribution is 5.98. The SMILES string of the molecule is CC(C)CCCCCCCOC(=O)c1cccc(C(=O)OCCCCCCCC(C)C)c1.CC(C)CCCCCCOC(=O)c1cccc(C(=O)OCCCCCCC(C)C)c1.CCCCCC(CC)COC(=O)c1cccc(C(=O)OCC(CC)CCCC)c1.CCCCOC(=O)c1cccc(C(=O)OCCCC)c1.O=C(OCc1ccccc1)c1cccc(C(=O)OCc2ccccc2)c1. The van der Waals surface area contributed by atoms with Crippen LogP contribution in [0.4, 0.5) is 0 Å². The van der Waals surface area contributed by atoms with Crippen LogP contribution in [0.2, 0.25) is 0 Å². The molecular formula is C117H168O20. The second-order valence-corrected chi connectivity index (χ2v) is 37.0. The zero-order valence-corrected chi connectivity index (χ0v) is 85.8. The molecule has 7 aromatic rings. The predicted octanol–water partition coefficient (Wildman–Crippen LogP) is 30.0. The van der Waals surface area contributed by atoms with Crippen molar-refractivity contribution in [3.05, 3.63) is 249 Å². The smallest absolute Gasteiger partial charge is 0.338 e. The maximum atomic E-state index is 12.4. The number of rotatable bonds is 63. The number of hydrogen-bond acceptors (Lipinski definition) is 20. The number of unbranched alkanes of at least 4 members (excludes halogenated alkanes) is 19. The van der Waals surface area contributed by atoms with Gasteiger partial charge in [0.25, 0.3) is 0 Å². The highest BCUT2D eigenvalue weighted by Gasteiger charge is 2.21. The third-order valence-corrected chi connectivity index (χ3v) is 22.9. The molecule has 0 aromatic heterocycles. The summed E-state index contributed by atoms with van der Waals surface area (Å²) in [6, 6.07) is 51.6. The Morgan fingerprint density at radius 3 is 0.620 bits per heavy atom. The second-order valence-electron chi connectivity index (χ2n) is 37.0. The second kappa shape index (κ2) is 77.2. The van der Waals surface area contributed by atoms with Crippen LogP contribution in [0.5, 0.6) is 0 Å². The molecule has 0 saturated heterocycles. The molecule has 2 atom stereocenters. The molecule has 0 aliphatic carbocycles. The minimum Gasteiger partial charge on any atom is -0.462 e. The molecule has 756 valence electrons. The standard InChI is InChI=1S/C28H46O4.C26H42O4.C25H40O4.C22H18O4.C16H22O4/c1-23(2)16-11-7-5-9-13-20-31-27(29)25-18-15-19-26(22-25)28(30)32-21-14-10-6-8-12-17-24(3)4;1-21(2)14-9-5-7-11-18-29-25(27)23-16-13-17-24(20-23)26(28)30-19-12-8-6-10-15-22(3)4;1-5-9-11-14-21(8-4)19-29-25(27)23-16-12-15-22(17-23)24(26)28-18-20(7-3)13-10-6-2;23-21(25-15-17-8-3-1-4-9-17)19-12-7-13-20(14-19)22(24)26-16-18-10-5-2-6-11-18;1-3-5-10-19-15(17)13-8-7-9-14(12-13)16(18)20-11-6-4-2/h15,18-19,22-24H,5-14,16-17,20-21H2,1-4H3;13,16-17,20-22H,5-12,14-15,18-19H2,1-4H3;12,15-17,20-21H,5-11,13-14,18-19H2,1-4H3;1-14H,15-16H2;7-9,12H,3-6,10-11H2,1-2H3. The number of esters is 10. The molecule has 0 saturated carbocycles. The number of carbonyl (C=O) groups excluding carboxylic acids is 10. The summed E-state index contributed by atoms with van der Waals surface area (Å²) in [5, 5.41) is 0. The Kier molecular flexibility index (Phi) is 67.8. The zero-order valence-electron chi connectivity index (χ0n) is 85.8. The van der Waals surface area contributed by atoms with Gasteiger partial charge in [0, 0.05) is 0 Å². The fraction of sp³-hybridized carbons (Fsp3) is 0.556. The van der Waals surface area contributed by atoms with Gasteiger partial charge in [-0.3, -0.25) is 0 Å². The lowest BCUT2D eigenvalue weighted by molar-refractivity contribution is 0.0416. The third-order valence-electron chi connectivity index (χ3n) is 22.9. The summed E-state index contributed by atoms with van der Waals surface area (Å²) < 4.78 is 53.3. The van der Waals surface area contributed by atoms with E-state index >= 15 is 0 Å². The summed E-state index contributed by atoms with van der Waals surface area (Å²) >= 11 is 0. The van der Waals surface area contributed by atoms with Gasteiger partial charge < -0.3 is 47.4 Å². The largest absolute Gasteiger partial charge is 0.462 e. The van der Waals surface area contributed by atoms with Gasteiger partial charge in [-0.05, 0) is 189 Å². The highest BCUT2D eigenvalue weighted by atomic mass is 16.6. The Labute approximate surface area is 822 Å². The van der Waals surface area contributed by atoms with Crippen molar-refractivity contribution in [2.75, 3.05) is 52.9 Å². The molecule has 137 heavy (non-hydrogen) atoms. The Morgan fingerprint density at radius 2 is 0.394 bits per heavy atom. The topological polar surface area (TPSA) is 263 Å². The molecule has 0 heterocycles. The minimum atomic E-state index is -0.480. The molecule has 0 bridgehead atoms. The van der Waals surface area contributed by atoms with Crippen LogP contribution in [-0.4, -0.2) is 113 Å². The van der Waals surface area contributed by atoms with Gasteiger partial charge in [-0.15, -0.1) is 0 Å². The van der Waals surface area contributed by atoms with Gasteiger partial charge in [0.05, 0.1) is 108 Å². The van der Waals surface area contributed by atoms with Gasteiger partial charge >= 0.3 is 59.7 Å². The van der Waals surface area contributed by atoms with Crippen LogP contribution in [0.3, 0.4) is 0 Å². The molecule has 0 fully saturated rings. The van der Waals surface area contributed by atoms with Crippen molar-refractivity contribution in [2.24, 2.45) is 35.5 Å². The molecule has 2 unspecified atom stereocenters. The Hall–Kier alpha value is -10.8. The van der Waals surface area contributed by atoms with E-state index in [1.54, 1.807) is 109 Å². The molecule has 0 aliphatic rings. The Balaban J connectivity index is 0.000000444. The molecule has 20 heteroatoms. The van der Waals surface area contributed by atoms with E-state index in [1.807, 2.05) is 74.5 Å². The quantitative estimate of drug-likeness (QED) is 0.0195. The summed E-state index contributed by atoms with van der Waals surface area (Å²) in [5.74, 6) is -0.186. The first-order chi connectivity index (χ1) is 66.2. The summed E-state index contributed by atoms with van der Waals surface area (Å²) in [4.78, 5) is 122. The summed E-state index contributed by atoms with van der Waals surface area (Å²) in [6.07, 6.45) is 38.7. The van der Waals surface area contributed by atoms with Crippen LogP contribution >= 0.6 is 0 Å². The molecular weight excluding hydrogens is 1730 g/mol. The highest BCUT2D eigenvalue weighted by Crippen LogP contribution is 2.23. The summed E-state index contributed by atoms with van der Waals surface area (Å²) in [5.41, 5.74) is 5.61. The van der Waals surface area contributed by atoms with Crippen molar-refractivity contribution in [2.45, 2.75) is 335 Å². The summed E-state index contributed by atoms with van der Waals surface area (Å²) in [7, 11) is 0. The van der Waals surface area contributed by atoms with Crippen molar-refractivity contribution in [3.63, 3.8) is 0 Å². The van der Waals surface area contributed by atoms with E-state index in [2.05, 4.69) is 83.1 Å². The van der Waals surface area contributed by atoms with Gasteiger partial charge in [-0.1, -0.05) is 361 Å². The molecule has 20 nitrogen and oxygen atoms in total. The number of benzene rings is 7. The van der Waals surface area contributed by atoms with Crippen LogP contribution < -0.4 is 0 Å². The maximum Gasteiger partial charge on any atom is 0.338 e. The first kappa shape index (κ1) is 120. The number of hydrogen-bond donors (Lipinski definition) is 0. The first-order valence-corrected chi connectivity index (χ1v) is 51.5. The van der Waals surface area contributed by atoms with Crippen LogP contribution in [0.25, 0.3) is 0 Å². The van der Waals surface area contributed by atoms with Crippen LogP contribution in [-0.2, 0) is 60.6 Å². The molecule has 0 radical (unpaired) electrons. The van der Waals surface area contributed by atoms with E-state index < -0.39 is 23.9 Å². The average Bonchev–Trinajstić information content (AvgIpc) is 0.872. The molecule has 7 rings (SSSR count). The third kappa shape index (κ3) is 58.6. The van der Waals surface area contributed by atoms with Crippen molar-refractivity contribution >= 4 is 59.7 Å². The molecule has 0 aliphatic heterocycles. The Bertz CT molecular complexity index is 4230. The maximum absolute atomic E-state index is 12.4. The van der Waals surface area contributed by atoms with Crippen LogP contribution in [0, 0.1) is 35.5 Å². The Morgan fingerprint density at radius 1 is 0.197 bits per heavy atom. The first-order valence-electron chi connectivity index (χ1n) is 51.5. The minimum absolute atomic E-state index is 0.183. The van der Waals surface area contributed by atoms with E-state index in [-0.39, 0.29) is 49.0 Å². The summed E-state index contributed by atoms with van der Waals surface area (Å²) in [6.45, 7) is 34.4. The van der Waals surface area contributed by atoms with E-state index in [0.29, 0.717) is 120 Å². The van der Waals surface area contributed by atoms with Crippen molar-refractivity contribution in [1.82, 2.24) is 0 Å². The van der Waals surface area contributed by atoms with Gasteiger partial charge in [-0.25, -0.2) is 47.9 Å². The fourth-order valence-corrected chi connectivity index (χ4v) is 14.2. The lowest BCUT2D eigenvalue weighted by atomic mass is 10.00. The van der Waals surface area contributed by atoms with Gasteiger partial charge in [-0.2, -0.15) is 0 Å². The van der Waals surface area contributed by atoms with Gasteiger partial charge in [0.1, 0.15) is 13.2 Å². The molecule has 0 N–H and O–H groups in total. The van der Waals surface area contributed by atoms with Crippen molar-refractivity contribution in [3.8, 4) is 0 Å². The van der Waals surface area contributed by atoms with Crippen LogP contribution in [0.15, 0.2) is 182 Å². The van der Waals surface area contributed by atoms with E-state index in [4.69, 9.17) is 47.4 Å². The van der Waals surface area contributed by atoms with Gasteiger partial charge in [0.2, 0.25) is 0 Å². The number of carbonyl (C=O) groups is 10. The zero-order chi connectivity index (χ0) is 100. The lowest BCUT2D eigenvalue weighted by Crippen LogP contribution is -2.16. The molecule has 7 aromatic carbocycles. The monoisotopic (exact) mass is 1890 g/mol. The van der Waals surface area contributed by atoms with Crippen LogP contribution in [0.1, 0.15) is 436 Å². The predicted molar refractivity (Wildman–Crippen MR) is 548 cm³/mol. The average molecular weight is 1890 g/mol. The van der Waals surface area contributed by atoms with E-state index in [0.717, 1.165) is 150 Å². The van der Waals surface area contributed by atoms with E-state index in [9.17, 15) is 47.9 Å². The molecule has 0 spiro atoms. The van der Waals surface area contributed by atoms with Crippen molar-refractivity contribution in [1.29, 1.82) is 0 Å². The fourth-order valence-electron chi connectivity index (χ4n) is 14.2. The van der Waals surface area contributed by atoms with Crippen molar-refractivity contribution < 1.29 is 95.3 Å². The molecule has 0 amide bonds. The normalized spacial score (nSPS) is 11.2. The number of ether oxygens (including phenoxy) is 10. The van der Waals surface area contributed by atoms with E-state index in [1.165, 1.54) is 121 Å². The van der Waals surface area contributed by atoms with Gasteiger partial charge in [0.15, 0.2) is 0 Å².